The summed E-state index contributed by atoms with van der Waals surface area (Å²) < 4.78 is 0. The zero-order valence-electron chi connectivity index (χ0n) is 10.7. The van der Waals surface area contributed by atoms with E-state index in [-0.39, 0.29) is 6.04 Å². The number of nitrogens with zero attached hydrogens (tertiary/aromatic N) is 1. The van der Waals surface area contributed by atoms with Crippen molar-refractivity contribution in [3.63, 3.8) is 0 Å². The van der Waals surface area contributed by atoms with Crippen molar-refractivity contribution < 1.29 is 0 Å². The van der Waals surface area contributed by atoms with E-state index in [9.17, 15) is 0 Å². The molecule has 0 spiro atoms. The Labute approximate surface area is 103 Å². The second kappa shape index (κ2) is 4.84. The molecule has 0 aliphatic carbocycles. The summed E-state index contributed by atoms with van der Waals surface area (Å²) in [5.74, 6) is 1.07. The zero-order valence-corrected chi connectivity index (χ0v) is 10.7. The van der Waals surface area contributed by atoms with Crippen molar-refractivity contribution in [2.45, 2.75) is 26.8 Å². The molecule has 0 saturated heterocycles. The van der Waals surface area contributed by atoms with E-state index in [4.69, 9.17) is 5.73 Å². The lowest BCUT2D eigenvalue weighted by Gasteiger charge is -2.23. The molecule has 2 nitrogen and oxygen atoms in total. The van der Waals surface area contributed by atoms with Crippen molar-refractivity contribution in [2.24, 2.45) is 17.6 Å². The molecule has 2 unspecified atom stereocenters. The van der Waals surface area contributed by atoms with Gasteiger partial charge in [-0.05, 0) is 35.6 Å². The number of fused-ring (bicyclic) bond motifs is 1. The number of rotatable bonds is 3. The summed E-state index contributed by atoms with van der Waals surface area (Å²) >= 11 is 0. The van der Waals surface area contributed by atoms with Gasteiger partial charge in [0.05, 0.1) is 5.52 Å². The fraction of sp³-hybridized carbons (Fsp3) is 0.400. The number of pyridine rings is 1. The predicted octanol–water partition coefficient (Wildman–Crippen LogP) is 3.53. The number of aromatic nitrogens is 1. The van der Waals surface area contributed by atoms with Gasteiger partial charge in [-0.25, -0.2) is 0 Å². The molecule has 2 atom stereocenters. The van der Waals surface area contributed by atoms with Crippen molar-refractivity contribution in [3.05, 3.63) is 42.1 Å². The summed E-state index contributed by atoms with van der Waals surface area (Å²) in [5, 5.41) is 1.16. The minimum atomic E-state index is 0.0969. The van der Waals surface area contributed by atoms with Crippen LogP contribution in [0, 0.1) is 11.8 Å². The highest BCUT2D eigenvalue weighted by molar-refractivity contribution is 5.79. The smallest absolute Gasteiger partial charge is 0.0702 e. The Bertz CT molecular complexity index is 505. The van der Waals surface area contributed by atoms with Gasteiger partial charge >= 0.3 is 0 Å². The molecule has 0 amide bonds. The number of hydrogen-bond donors (Lipinski definition) is 1. The van der Waals surface area contributed by atoms with Crippen LogP contribution in [-0.4, -0.2) is 4.98 Å². The van der Waals surface area contributed by atoms with Gasteiger partial charge in [0.1, 0.15) is 0 Å². The van der Waals surface area contributed by atoms with Gasteiger partial charge in [0.15, 0.2) is 0 Å². The van der Waals surface area contributed by atoms with Crippen molar-refractivity contribution in [2.75, 3.05) is 0 Å². The largest absolute Gasteiger partial charge is 0.324 e. The molecule has 2 heteroatoms. The quantitative estimate of drug-likeness (QED) is 0.872. The van der Waals surface area contributed by atoms with E-state index in [1.807, 2.05) is 12.3 Å². The fourth-order valence-electron chi connectivity index (χ4n) is 2.02. The minimum Gasteiger partial charge on any atom is -0.324 e. The summed E-state index contributed by atoms with van der Waals surface area (Å²) in [4.78, 5) is 4.32. The van der Waals surface area contributed by atoms with Gasteiger partial charge in [0.25, 0.3) is 0 Å². The first-order valence-corrected chi connectivity index (χ1v) is 6.20. The van der Waals surface area contributed by atoms with Crippen LogP contribution in [0.15, 0.2) is 36.5 Å². The molecule has 0 saturated carbocycles. The van der Waals surface area contributed by atoms with Gasteiger partial charge in [-0.1, -0.05) is 32.9 Å². The molecule has 0 fully saturated rings. The lowest BCUT2D eigenvalue weighted by Crippen LogP contribution is -2.23. The third kappa shape index (κ3) is 2.47. The van der Waals surface area contributed by atoms with E-state index in [0.29, 0.717) is 11.8 Å². The van der Waals surface area contributed by atoms with Gasteiger partial charge in [-0.3, -0.25) is 4.98 Å². The third-order valence-corrected chi connectivity index (χ3v) is 3.63. The summed E-state index contributed by atoms with van der Waals surface area (Å²) in [6.07, 6.45) is 1.82. The molecule has 1 aromatic heterocycles. The van der Waals surface area contributed by atoms with Crippen LogP contribution in [0.3, 0.4) is 0 Å². The van der Waals surface area contributed by atoms with E-state index < -0.39 is 0 Å². The highest BCUT2D eigenvalue weighted by Crippen LogP contribution is 2.27. The van der Waals surface area contributed by atoms with Crippen LogP contribution in [0.5, 0.6) is 0 Å². The summed E-state index contributed by atoms with van der Waals surface area (Å²) in [5.41, 5.74) is 8.54. The minimum absolute atomic E-state index is 0.0969. The van der Waals surface area contributed by atoms with Crippen molar-refractivity contribution in [3.8, 4) is 0 Å². The second-order valence-electron chi connectivity index (χ2n) is 5.08. The van der Waals surface area contributed by atoms with Gasteiger partial charge in [0, 0.05) is 17.6 Å². The van der Waals surface area contributed by atoms with Crippen LogP contribution in [0.2, 0.25) is 0 Å². The average Bonchev–Trinajstić information content (AvgIpc) is 2.36. The first-order chi connectivity index (χ1) is 8.09. The molecule has 2 aromatic rings. The standard InChI is InChI=1S/C15H20N2/c1-10(2)11(3)15(16)13-6-7-14-12(9-13)5-4-8-17-14/h4-11,15H,16H2,1-3H3. The molecule has 0 radical (unpaired) electrons. The van der Waals surface area contributed by atoms with E-state index in [1.54, 1.807) is 0 Å². The van der Waals surface area contributed by atoms with Crippen LogP contribution < -0.4 is 5.73 Å². The molecule has 1 aromatic carbocycles. The summed E-state index contributed by atoms with van der Waals surface area (Å²) in [6.45, 7) is 6.64. The fourth-order valence-corrected chi connectivity index (χ4v) is 2.02. The molecule has 17 heavy (non-hydrogen) atoms. The van der Waals surface area contributed by atoms with Gasteiger partial charge < -0.3 is 5.73 Å². The zero-order chi connectivity index (χ0) is 12.4. The van der Waals surface area contributed by atoms with Crippen molar-refractivity contribution in [1.82, 2.24) is 4.98 Å². The number of benzene rings is 1. The molecule has 90 valence electrons. The van der Waals surface area contributed by atoms with Gasteiger partial charge in [0.2, 0.25) is 0 Å². The molecule has 0 aliphatic heterocycles. The maximum Gasteiger partial charge on any atom is 0.0702 e. The lowest BCUT2D eigenvalue weighted by molar-refractivity contribution is 0.352. The summed E-state index contributed by atoms with van der Waals surface area (Å²) in [6, 6.07) is 10.4. The molecule has 0 aliphatic rings. The SMILES string of the molecule is CC(C)C(C)C(N)c1ccc2ncccc2c1. The molecular weight excluding hydrogens is 208 g/mol. The monoisotopic (exact) mass is 228 g/mol. The topological polar surface area (TPSA) is 38.9 Å². The van der Waals surface area contributed by atoms with Gasteiger partial charge in [-0.2, -0.15) is 0 Å². The Morgan fingerprint density at radius 3 is 2.59 bits per heavy atom. The number of nitrogens with two attached hydrogens (primary N) is 1. The van der Waals surface area contributed by atoms with Crippen LogP contribution in [-0.2, 0) is 0 Å². The molecule has 2 rings (SSSR count). The first kappa shape index (κ1) is 12.1. The first-order valence-electron chi connectivity index (χ1n) is 6.20. The number of hydrogen-bond acceptors (Lipinski definition) is 2. The van der Waals surface area contributed by atoms with Crippen LogP contribution in [0.4, 0.5) is 0 Å². The van der Waals surface area contributed by atoms with E-state index in [0.717, 1.165) is 10.9 Å². The average molecular weight is 228 g/mol. The predicted molar refractivity (Wildman–Crippen MR) is 72.7 cm³/mol. The van der Waals surface area contributed by atoms with Crippen molar-refractivity contribution in [1.29, 1.82) is 0 Å². The summed E-state index contributed by atoms with van der Waals surface area (Å²) in [7, 11) is 0. The Kier molecular flexibility index (Phi) is 3.43. The third-order valence-electron chi connectivity index (χ3n) is 3.63. The second-order valence-corrected chi connectivity index (χ2v) is 5.08. The Hall–Kier alpha value is -1.41. The van der Waals surface area contributed by atoms with E-state index >= 15 is 0 Å². The maximum atomic E-state index is 6.31. The lowest BCUT2D eigenvalue weighted by atomic mass is 9.86. The normalized spacial score (nSPS) is 15.1. The van der Waals surface area contributed by atoms with E-state index in [2.05, 4.69) is 50.0 Å². The van der Waals surface area contributed by atoms with Crippen LogP contribution in [0.25, 0.3) is 10.9 Å². The highest BCUT2D eigenvalue weighted by Gasteiger charge is 2.18. The van der Waals surface area contributed by atoms with Crippen LogP contribution in [0.1, 0.15) is 32.4 Å². The van der Waals surface area contributed by atoms with Crippen molar-refractivity contribution >= 4 is 10.9 Å². The van der Waals surface area contributed by atoms with E-state index in [1.165, 1.54) is 5.56 Å². The highest BCUT2D eigenvalue weighted by atomic mass is 14.7. The molecule has 2 N–H and O–H groups in total. The van der Waals surface area contributed by atoms with Crippen LogP contribution >= 0.6 is 0 Å². The Morgan fingerprint density at radius 2 is 1.88 bits per heavy atom. The maximum absolute atomic E-state index is 6.31. The molecule has 0 bridgehead atoms. The molecular formula is C15H20N2. The Balaban J connectivity index is 2.36. The Morgan fingerprint density at radius 1 is 1.12 bits per heavy atom. The van der Waals surface area contributed by atoms with Gasteiger partial charge in [-0.15, -0.1) is 0 Å². The molecule has 1 heterocycles.